The summed E-state index contributed by atoms with van der Waals surface area (Å²) in [4.78, 5) is 2.40. The molecule has 0 atom stereocenters. The predicted octanol–water partition coefficient (Wildman–Crippen LogP) is 15.9. The van der Waals surface area contributed by atoms with Crippen LogP contribution < -0.4 is 4.90 Å². The maximum Gasteiger partial charge on any atom is 0.135 e. The average Bonchev–Trinajstić information content (AvgIpc) is 3.85. The third kappa shape index (κ3) is 5.57. The van der Waals surface area contributed by atoms with Crippen molar-refractivity contribution in [3.63, 3.8) is 0 Å². The highest BCUT2D eigenvalue weighted by Crippen LogP contribution is 2.57. The Labute approximate surface area is 355 Å². The van der Waals surface area contributed by atoms with E-state index in [0.29, 0.717) is 0 Å². The van der Waals surface area contributed by atoms with Crippen LogP contribution in [-0.4, -0.2) is 0 Å². The van der Waals surface area contributed by atoms with E-state index in [1.54, 1.807) is 0 Å². The zero-order valence-electron chi connectivity index (χ0n) is 33.4. The largest absolute Gasteiger partial charge is 0.456 e. The van der Waals surface area contributed by atoms with Crippen LogP contribution in [-0.2, 0) is 5.41 Å². The fraction of sp³-hybridized carbons (Fsp3) is 0.0169. The molecule has 0 spiro atoms. The van der Waals surface area contributed by atoms with Gasteiger partial charge in [0.1, 0.15) is 11.2 Å². The Hall–Kier alpha value is -7.94. The highest BCUT2D eigenvalue weighted by Gasteiger charge is 2.46. The van der Waals surface area contributed by atoms with Crippen LogP contribution in [0.4, 0.5) is 17.1 Å². The van der Waals surface area contributed by atoms with Crippen LogP contribution in [0.2, 0.25) is 0 Å². The number of fused-ring (bicyclic) bond motifs is 7. The zero-order valence-corrected chi connectivity index (χ0v) is 33.4. The Morgan fingerprint density at radius 2 is 0.885 bits per heavy atom. The molecule has 2 heteroatoms. The molecule has 2 nitrogen and oxygen atoms in total. The van der Waals surface area contributed by atoms with E-state index in [-0.39, 0.29) is 0 Å². The first-order valence-electron chi connectivity index (χ1n) is 21.0. The molecular weight excluding hydrogens is 739 g/mol. The van der Waals surface area contributed by atoms with Crippen LogP contribution >= 0.6 is 0 Å². The van der Waals surface area contributed by atoms with Gasteiger partial charge in [0.25, 0.3) is 0 Å². The topological polar surface area (TPSA) is 16.4 Å². The number of anilines is 3. The molecule has 286 valence electrons. The summed E-state index contributed by atoms with van der Waals surface area (Å²) in [5.41, 5.74) is 16.9. The summed E-state index contributed by atoms with van der Waals surface area (Å²) < 4.78 is 6.33. The van der Waals surface area contributed by atoms with E-state index < -0.39 is 5.41 Å². The van der Waals surface area contributed by atoms with Crippen LogP contribution in [0.1, 0.15) is 22.3 Å². The quantitative estimate of drug-likeness (QED) is 0.160. The average molecular weight is 778 g/mol. The van der Waals surface area contributed by atoms with Gasteiger partial charge in [-0.25, -0.2) is 0 Å². The molecule has 0 unspecified atom stereocenters. The van der Waals surface area contributed by atoms with Crippen LogP contribution in [0.15, 0.2) is 241 Å². The van der Waals surface area contributed by atoms with Crippen molar-refractivity contribution in [1.82, 2.24) is 0 Å². The molecule has 1 aromatic heterocycles. The summed E-state index contributed by atoms with van der Waals surface area (Å²) in [6, 6.07) is 86.1. The minimum atomic E-state index is -0.514. The molecule has 1 aliphatic carbocycles. The van der Waals surface area contributed by atoms with Gasteiger partial charge >= 0.3 is 0 Å². The summed E-state index contributed by atoms with van der Waals surface area (Å²) in [6.07, 6.45) is 0. The number of furan rings is 1. The van der Waals surface area contributed by atoms with Gasteiger partial charge in [-0.05, 0) is 121 Å². The van der Waals surface area contributed by atoms with Gasteiger partial charge in [0.15, 0.2) is 0 Å². The van der Waals surface area contributed by atoms with E-state index in [2.05, 4.69) is 229 Å². The summed E-state index contributed by atoms with van der Waals surface area (Å²) in [7, 11) is 0. The fourth-order valence-corrected chi connectivity index (χ4v) is 10.0. The molecule has 0 amide bonds. The lowest BCUT2D eigenvalue weighted by molar-refractivity contribution is 0.669. The Morgan fingerprint density at radius 1 is 0.311 bits per heavy atom. The normalized spacial score (nSPS) is 12.7. The predicted molar refractivity (Wildman–Crippen MR) is 254 cm³/mol. The van der Waals surface area contributed by atoms with Crippen molar-refractivity contribution in [1.29, 1.82) is 0 Å². The van der Waals surface area contributed by atoms with Crippen molar-refractivity contribution in [3.8, 4) is 33.4 Å². The second-order valence-electron chi connectivity index (χ2n) is 16.0. The second-order valence-corrected chi connectivity index (χ2v) is 16.0. The van der Waals surface area contributed by atoms with E-state index in [9.17, 15) is 0 Å². The molecule has 12 rings (SSSR count). The van der Waals surface area contributed by atoms with Gasteiger partial charge in [0.05, 0.1) is 5.41 Å². The smallest absolute Gasteiger partial charge is 0.135 e. The number of nitrogens with zero attached hydrogens (tertiary/aromatic N) is 1. The highest BCUT2D eigenvalue weighted by atomic mass is 16.3. The molecule has 0 fully saturated rings. The highest BCUT2D eigenvalue weighted by molar-refractivity contribution is 6.06. The van der Waals surface area contributed by atoms with Crippen LogP contribution in [0, 0.1) is 0 Å². The fourth-order valence-electron chi connectivity index (χ4n) is 10.0. The molecule has 0 aliphatic heterocycles. The summed E-state index contributed by atoms with van der Waals surface area (Å²) in [5, 5.41) is 4.71. The van der Waals surface area contributed by atoms with E-state index in [1.807, 2.05) is 12.1 Å². The minimum absolute atomic E-state index is 0.514. The van der Waals surface area contributed by atoms with Crippen molar-refractivity contribution >= 4 is 49.8 Å². The molecule has 61 heavy (non-hydrogen) atoms. The first-order valence-corrected chi connectivity index (χ1v) is 21.0. The van der Waals surface area contributed by atoms with E-state index in [1.165, 1.54) is 66.4 Å². The molecule has 0 N–H and O–H groups in total. The van der Waals surface area contributed by atoms with Crippen molar-refractivity contribution in [3.05, 3.63) is 259 Å². The van der Waals surface area contributed by atoms with Crippen LogP contribution in [0.3, 0.4) is 0 Å². The van der Waals surface area contributed by atoms with E-state index in [0.717, 1.165) is 39.0 Å². The minimum Gasteiger partial charge on any atom is -0.456 e. The third-order valence-electron chi connectivity index (χ3n) is 12.7. The van der Waals surface area contributed by atoms with Gasteiger partial charge in [-0.1, -0.05) is 182 Å². The number of hydrogen-bond donors (Lipinski definition) is 0. The molecule has 0 saturated carbocycles. The van der Waals surface area contributed by atoms with E-state index in [4.69, 9.17) is 4.42 Å². The summed E-state index contributed by atoms with van der Waals surface area (Å²) in [5.74, 6) is 0. The van der Waals surface area contributed by atoms with Gasteiger partial charge in [-0.3, -0.25) is 0 Å². The van der Waals surface area contributed by atoms with Gasteiger partial charge in [0, 0.05) is 27.8 Å². The Balaban J connectivity index is 1.04. The van der Waals surface area contributed by atoms with Crippen molar-refractivity contribution in [2.75, 3.05) is 4.90 Å². The molecule has 11 aromatic rings. The monoisotopic (exact) mass is 777 g/mol. The molecular formula is C59H39NO. The summed E-state index contributed by atoms with van der Waals surface area (Å²) in [6.45, 7) is 0. The van der Waals surface area contributed by atoms with Gasteiger partial charge in [0.2, 0.25) is 0 Å². The lowest BCUT2D eigenvalue weighted by Gasteiger charge is -2.35. The first kappa shape index (κ1) is 35.0. The number of hydrogen-bond acceptors (Lipinski definition) is 2. The van der Waals surface area contributed by atoms with Crippen molar-refractivity contribution < 1.29 is 4.42 Å². The Kier molecular flexibility index (Phi) is 8.11. The van der Waals surface area contributed by atoms with Gasteiger partial charge < -0.3 is 9.32 Å². The molecule has 10 aromatic carbocycles. The van der Waals surface area contributed by atoms with Crippen LogP contribution in [0.25, 0.3) is 66.1 Å². The number of para-hydroxylation sites is 1. The molecule has 0 saturated heterocycles. The second kappa shape index (κ2) is 14.1. The Morgan fingerprint density at radius 3 is 1.70 bits per heavy atom. The lowest BCUT2D eigenvalue weighted by Crippen LogP contribution is -2.28. The standard InChI is InChI=1S/C59H39NO/c1-3-19-44(20-4-1)59(45-21-5-2-6-22-45)55-27-11-9-24-51(55)52-35-33-48(39-56(52)59)60(47-34-36-58-54(38-47)53-25-10-12-28-57(53)61-58)46-31-29-40(30-32-46)42-17-13-18-43(37-42)50-26-14-16-41-15-7-8-23-49(41)50/h1-39H. The lowest BCUT2D eigenvalue weighted by atomic mass is 9.67. The number of rotatable bonds is 7. The van der Waals surface area contributed by atoms with Crippen molar-refractivity contribution in [2.45, 2.75) is 5.41 Å². The summed E-state index contributed by atoms with van der Waals surface area (Å²) >= 11 is 0. The number of benzene rings is 10. The van der Waals surface area contributed by atoms with Crippen LogP contribution in [0.5, 0.6) is 0 Å². The SMILES string of the molecule is c1ccc(C2(c3ccccc3)c3ccccc3-c3ccc(N(c4ccc(-c5cccc(-c6cccc7ccccc67)c5)cc4)c4ccc5oc6ccccc6c5c4)cc32)cc1. The molecule has 1 heterocycles. The first-order chi connectivity index (χ1) is 30.2. The third-order valence-corrected chi connectivity index (χ3v) is 12.7. The molecule has 0 bridgehead atoms. The maximum absolute atomic E-state index is 6.33. The maximum atomic E-state index is 6.33. The van der Waals surface area contributed by atoms with Gasteiger partial charge in [-0.2, -0.15) is 0 Å². The van der Waals surface area contributed by atoms with Crippen molar-refractivity contribution in [2.24, 2.45) is 0 Å². The molecule has 0 radical (unpaired) electrons. The van der Waals surface area contributed by atoms with E-state index >= 15 is 0 Å². The zero-order chi connectivity index (χ0) is 40.3. The molecule has 1 aliphatic rings. The van der Waals surface area contributed by atoms with Gasteiger partial charge in [-0.15, -0.1) is 0 Å². The Bertz CT molecular complexity index is 3370.